The molecular weight excluding hydrogens is 232 g/mol. The Morgan fingerprint density at radius 3 is 2.83 bits per heavy atom. The second-order valence-corrected chi connectivity index (χ2v) is 4.95. The number of carbonyl (C=O) groups is 1. The minimum atomic E-state index is 0.00553. The summed E-state index contributed by atoms with van der Waals surface area (Å²) in [6.07, 6.45) is 6.01. The molecule has 2 aliphatic rings. The maximum Gasteiger partial charge on any atom is 0.274 e. The summed E-state index contributed by atoms with van der Waals surface area (Å²) in [6.45, 7) is 2.62. The normalized spacial score (nSPS) is 26.6. The van der Waals surface area contributed by atoms with Crippen LogP contribution in [-0.4, -0.2) is 52.2 Å². The van der Waals surface area contributed by atoms with Gasteiger partial charge in [0.1, 0.15) is 5.69 Å². The number of hydrogen-bond donors (Lipinski definition) is 1. The van der Waals surface area contributed by atoms with Crippen molar-refractivity contribution in [2.45, 2.75) is 31.6 Å². The summed E-state index contributed by atoms with van der Waals surface area (Å²) < 4.78 is 7.57. The van der Waals surface area contributed by atoms with Crippen LogP contribution in [0.3, 0.4) is 0 Å². The van der Waals surface area contributed by atoms with E-state index in [9.17, 15) is 4.79 Å². The van der Waals surface area contributed by atoms with Crippen molar-refractivity contribution in [3.05, 3.63) is 18.2 Å². The van der Waals surface area contributed by atoms with Crippen molar-refractivity contribution in [2.24, 2.45) is 5.73 Å². The number of aromatic nitrogens is 2. The highest BCUT2D eigenvalue weighted by Gasteiger charge is 2.36. The quantitative estimate of drug-likeness (QED) is 0.809. The molecule has 2 atom stereocenters. The molecule has 2 unspecified atom stereocenters. The van der Waals surface area contributed by atoms with Gasteiger partial charge in [0, 0.05) is 32.4 Å². The van der Waals surface area contributed by atoms with Crippen molar-refractivity contribution >= 4 is 5.91 Å². The van der Waals surface area contributed by atoms with Gasteiger partial charge in [-0.2, -0.15) is 0 Å². The average Bonchev–Trinajstić information content (AvgIpc) is 2.96. The van der Waals surface area contributed by atoms with Crippen LogP contribution >= 0.6 is 0 Å². The fraction of sp³-hybridized carbons (Fsp3) is 0.667. The third kappa shape index (κ3) is 2.13. The molecule has 3 rings (SSSR count). The van der Waals surface area contributed by atoms with Crippen LogP contribution in [-0.2, 0) is 11.3 Å². The molecule has 0 spiro atoms. The Bertz CT molecular complexity index is 433. The zero-order valence-electron chi connectivity index (χ0n) is 10.3. The molecule has 0 radical (unpaired) electrons. The minimum absolute atomic E-state index is 0.00553. The van der Waals surface area contributed by atoms with E-state index >= 15 is 0 Å². The van der Waals surface area contributed by atoms with Crippen LogP contribution < -0.4 is 5.73 Å². The average molecular weight is 250 g/mol. The molecule has 0 aromatic carbocycles. The lowest BCUT2D eigenvalue weighted by Crippen LogP contribution is -2.45. The standard InChI is InChI=1S/C12H18N4O2/c13-3-4-15-7-11(14-8-15)12(17)16-5-9-1-2-10(6-16)18-9/h7-10H,1-6,13H2. The number of nitrogens with two attached hydrogens (primary N) is 1. The Morgan fingerprint density at radius 2 is 2.17 bits per heavy atom. The number of hydrogen-bond acceptors (Lipinski definition) is 4. The number of fused-ring (bicyclic) bond motifs is 2. The minimum Gasteiger partial charge on any atom is -0.371 e. The summed E-state index contributed by atoms with van der Waals surface area (Å²) in [6, 6.07) is 0. The molecule has 98 valence electrons. The molecule has 18 heavy (non-hydrogen) atoms. The van der Waals surface area contributed by atoms with Crippen LogP contribution in [0.15, 0.2) is 12.5 Å². The molecule has 1 aromatic rings. The first-order chi connectivity index (χ1) is 8.76. The molecule has 0 saturated carbocycles. The zero-order chi connectivity index (χ0) is 12.5. The lowest BCUT2D eigenvalue weighted by atomic mass is 10.2. The third-order valence-corrected chi connectivity index (χ3v) is 3.57. The Balaban J connectivity index is 1.69. The summed E-state index contributed by atoms with van der Waals surface area (Å²) >= 11 is 0. The SMILES string of the molecule is NCCn1cnc(C(=O)N2CC3CCC(C2)O3)c1. The summed E-state index contributed by atoms with van der Waals surface area (Å²) in [5.41, 5.74) is 5.98. The van der Waals surface area contributed by atoms with Crippen molar-refractivity contribution in [3.63, 3.8) is 0 Å². The van der Waals surface area contributed by atoms with Gasteiger partial charge in [0.2, 0.25) is 0 Å². The molecule has 1 amide bonds. The van der Waals surface area contributed by atoms with E-state index in [1.165, 1.54) is 0 Å². The predicted molar refractivity (Wildman–Crippen MR) is 65.1 cm³/mol. The number of carbonyl (C=O) groups excluding carboxylic acids is 1. The third-order valence-electron chi connectivity index (χ3n) is 3.57. The summed E-state index contributed by atoms with van der Waals surface area (Å²) in [7, 11) is 0. The number of likely N-dealkylation sites (tertiary alicyclic amines) is 1. The summed E-state index contributed by atoms with van der Waals surface area (Å²) in [5.74, 6) is 0.00553. The lowest BCUT2D eigenvalue weighted by Gasteiger charge is -2.31. The van der Waals surface area contributed by atoms with E-state index in [1.54, 1.807) is 12.5 Å². The van der Waals surface area contributed by atoms with E-state index in [4.69, 9.17) is 10.5 Å². The lowest BCUT2D eigenvalue weighted by molar-refractivity contribution is -0.0305. The summed E-state index contributed by atoms with van der Waals surface area (Å²) in [5, 5.41) is 0. The fourth-order valence-electron chi connectivity index (χ4n) is 2.68. The molecule has 1 aromatic heterocycles. The first kappa shape index (κ1) is 11.7. The van der Waals surface area contributed by atoms with Gasteiger partial charge in [-0.25, -0.2) is 4.98 Å². The zero-order valence-corrected chi connectivity index (χ0v) is 10.3. The van der Waals surface area contributed by atoms with Crippen LogP contribution in [0.25, 0.3) is 0 Å². The highest BCUT2D eigenvalue weighted by atomic mass is 16.5. The molecule has 2 bridgehead atoms. The van der Waals surface area contributed by atoms with Gasteiger partial charge in [-0.1, -0.05) is 0 Å². The van der Waals surface area contributed by atoms with Crippen molar-refractivity contribution < 1.29 is 9.53 Å². The molecule has 2 aliphatic heterocycles. The van der Waals surface area contributed by atoms with Crippen LogP contribution in [0.5, 0.6) is 0 Å². The monoisotopic (exact) mass is 250 g/mol. The number of morpholine rings is 1. The second kappa shape index (κ2) is 4.70. The first-order valence-electron chi connectivity index (χ1n) is 6.43. The molecular formula is C12H18N4O2. The number of ether oxygens (including phenoxy) is 1. The van der Waals surface area contributed by atoms with Crippen molar-refractivity contribution in [3.8, 4) is 0 Å². The highest BCUT2D eigenvalue weighted by molar-refractivity contribution is 5.92. The number of nitrogens with zero attached hydrogens (tertiary/aromatic N) is 3. The fourth-order valence-corrected chi connectivity index (χ4v) is 2.68. The second-order valence-electron chi connectivity index (χ2n) is 4.95. The maximum absolute atomic E-state index is 12.3. The summed E-state index contributed by atoms with van der Waals surface area (Å²) in [4.78, 5) is 18.3. The smallest absolute Gasteiger partial charge is 0.274 e. The molecule has 0 aliphatic carbocycles. The highest BCUT2D eigenvalue weighted by Crippen LogP contribution is 2.26. The van der Waals surface area contributed by atoms with Crippen molar-refractivity contribution in [1.82, 2.24) is 14.5 Å². The predicted octanol–water partition coefficient (Wildman–Crippen LogP) is -0.155. The van der Waals surface area contributed by atoms with E-state index in [0.29, 0.717) is 31.9 Å². The van der Waals surface area contributed by atoms with Crippen LogP contribution in [0.1, 0.15) is 23.3 Å². The van der Waals surface area contributed by atoms with Gasteiger partial charge < -0.3 is 19.9 Å². The largest absolute Gasteiger partial charge is 0.371 e. The Morgan fingerprint density at radius 1 is 1.44 bits per heavy atom. The molecule has 2 fully saturated rings. The van der Waals surface area contributed by atoms with Gasteiger partial charge in [0.25, 0.3) is 5.91 Å². The Kier molecular flexibility index (Phi) is 3.05. The molecule has 6 heteroatoms. The van der Waals surface area contributed by atoms with E-state index in [2.05, 4.69) is 4.98 Å². The topological polar surface area (TPSA) is 73.4 Å². The van der Waals surface area contributed by atoms with Gasteiger partial charge in [0.15, 0.2) is 0 Å². The van der Waals surface area contributed by atoms with Crippen molar-refractivity contribution in [1.29, 1.82) is 0 Å². The van der Waals surface area contributed by atoms with Gasteiger partial charge in [-0.15, -0.1) is 0 Å². The molecule has 2 N–H and O–H groups in total. The van der Waals surface area contributed by atoms with Gasteiger partial charge in [-0.05, 0) is 12.8 Å². The van der Waals surface area contributed by atoms with Crippen LogP contribution in [0.2, 0.25) is 0 Å². The number of imidazole rings is 1. The van der Waals surface area contributed by atoms with Crippen LogP contribution in [0, 0.1) is 0 Å². The van der Waals surface area contributed by atoms with Crippen molar-refractivity contribution in [2.75, 3.05) is 19.6 Å². The maximum atomic E-state index is 12.3. The van der Waals surface area contributed by atoms with E-state index in [0.717, 1.165) is 12.8 Å². The first-order valence-corrected chi connectivity index (χ1v) is 6.43. The van der Waals surface area contributed by atoms with Gasteiger partial charge in [0.05, 0.1) is 18.5 Å². The number of rotatable bonds is 3. The van der Waals surface area contributed by atoms with E-state index in [-0.39, 0.29) is 18.1 Å². The van der Waals surface area contributed by atoms with Gasteiger partial charge >= 0.3 is 0 Å². The molecule has 6 nitrogen and oxygen atoms in total. The van der Waals surface area contributed by atoms with E-state index in [1.807, 2.05) is 9.47 Å². The molecule has 3 heterocycles. The van der Waals surface area contributed by atoms with E-state index < -0.39 is 0 Å². The Hall–Kier alpha value is -1.40. The molecule has 2 saturated heterocycles. The number of amides is 1. The van der Waals surface area contributed by atoms with Crippen LogP contribution in [0.4, 0.5) is 0 Å². The Labute approximate surface area is 106 Å². The van der Waals surface area contributed by atoms with Gasteiger partial charge in [-0.3, -0.25) is 4.79 Å².